The van der Waals surface area contributed by atoms with E-state index in [9.17, 15) is 26.9 Å². The maximum absolute atomic E-state index is 13.1. The van der Waals surface area contributed by atoms with Gasteiger partial charge >= 0.3 is 15.6 Å². The molecule has 4 rings (SSSR count). The van der Waals surface area contributed by atoms with Crippen LogP contribution in [0, 0.1) is 16.7 Å². The van der Waals surface area contributed by atoms with E-state index >= 15 is 0 Å². The van der Waals surface area contributed by atoms with Gasteiger partial charge in [-0.15, -0.1) is 11.8 Å². The van der Waals surface area contributed by atoms with Crippen molar-refractivity contribution >= 4 is 44.4 Å². The molecule has 11 heteroatoms. The molecule has 1 aliphatic rings. The lowest BCUT2D eigenvalue weighted by Crippen LogP contribution is -2.28. The van der Waals surface area contributed by atoms with Crippen LogP contribution in [0.15, 0.2) is 41.3 Å². The maximum Gasteiger partial charge on any atom is 0.534 e. The number of thioether (sulfide) groups is 1. The normalized spacial score (nSPS) is 16.2. The smallest absolute Gasteiger partial charge is 0.376 e. The van der Waals surface area contributed by atoms with Crippen molar-refractivity contribution in [3.8, 4) is 11.8 Å². The monoisotopic (exact) mass is 556 g/mol. The quantitative estimate of drug-likeness (QED) is 0.229. The van der Waals surface area contributed by atoms with Gasteiger partial charge in [0, 0.05) is 44.8 Å². The molecule has 192 valence electrons. The maximum atomic E-state index is 13.1. The molecule has 3 aromatic rings. The number of rotatable bonds is 7. The Labute approximate surface area is 217 Å². The lowest BCUT2D eigenvalue weighted by molar-refractivity contribution is -0.0500. The fraction of sp³-hybridized carbons (Fsp3) is 0.400. The molecule has 2 aromatic carbocycles. The topological polar surface area (TPSA) is 72.1 Å². The summed E-state index contributed by atoms with van der Waals surface area (Å²) in [7, 11) is -5.81. The summed E-state index contributed by atoms with van der Waals surface area (Å²) in [6, 6.07) is 12.5. The first-order valence-corrected chi connectivity index (χ1v) is 13.8. The molecular weight excluding hydrogens is 533 g/mol. The van der Waals surface area contributed by atoms with Crippen molar-refractivity contribution in [2.45, 2.75) is 62.2 Å². The summed E-state index contributed by atoms with van der Waals surface area (Å²) >= 11 is 7.66. The first-order chi connectivity index (χ1) is 16.7. The summed E-state index contributed by atoms with van der Waals surface area (Å²) < 4.78 is 69.6. The summed E-state index contributed by atoms with van der Waals surface area (Å²) in [5.41, 5.74) is -2.75. The molecule has 0 bridgehead atoms. The predicted octanol–water partition coefficient (Wildman–Crippen LogP) is 7.09. The Bertz CT molecular complexity index is 1460. The second kappa shape index (κ2) is 9.51. The molecule has 5 nitrogen and oxygen atoms in total. The van der Waals surface area contributed by atoms with E-state index in [-0.39, 0.29) is 16.4 Å². The predicted molar refractivity (Wildman–Crippen MR) is 135 cm³/mol. The fourth-order valence-electron chi connectivity index (χ4n) is 4.47. The van der Waals surface area contributed by atoms with E-state index in [2.05, 4.69) is 14.8 Å². The van der Waals surface area contributed by atoms with E-state index in [1.54, 1.807) is 30.0 Å². The van der Waals surface area contributed by atoms with Crippen LogP contribution in [0.5, 0.6) is 5.75 Å². The highest BCUT2D eigenvalue weighted by Gasteiger charge is 2.49. The Morgan fingerprint density at radius 2 is 1.86 bits per heavy atom. The highest BCUT2D eigenvalue weighted by Crippen LogP contribution is 2.48. The van der Waals surface area contributed by atoms with Gasteiger partial charge in [-0.25, -0.2) is 0 Å². The van der Waals surface area contributed by atoms with Gasteiger partial charge in [0.15, 0.2) is 0 Å². The van der Waals surface area contributed by atoms with Gasteiger partial charge in [-0.1, -0.05) is 44.5 Å². The highest BCUT2D eigenvalue weighted by atomic mass is 35.5. The number of nitriles is 1. The molecular formula is C25H24ClF3N2O3S2. The molecule has 0 saturated heterocycles. The van der Waals surface area contributed by atoms with Crippen LogP contribution in [0.2, 0.25) is 5.02 Å². The fourth-order valence-corrected chi connectivity index (χ4v) is 6.40. The standard InChI is InChI=1S/C25H24ClF3N2O3S2/c1-15-12-18-21(34-36(32,33)25(27,28)29)9-8-19-22(18)23(35-15)20(13-24(2,3)10-11-30)31(19)14-16-4-6-17(26)7-5-16/h4-9,15H,10,12-14H2,1-3H3. The summed E-state index contributed by atoms with van der Waals surface area (Å²) in [6.07, 6.45) is 1.22. The minimum atomic E-state index is -5.81. The largest absolute Gasteiger partial charge is 0.534 e. The zero-order valence-electron chi connectivity index (χ0n) is 19.8. The summed E-state index contributed by atoms with van der Waals surface area (Å²) in [4.78, 5) is 0.883. The number of alkyl halides is 3. The van der Waals surface area contributed by atoms with Crippen LogP contribution < -0.4 is 4.18 Å². The Morgan fingerprint density at radius 3 is 2.47 bits per heavy atom. The number of hydrogen-bond donors (Lipinski definition) is 0. The molecule has 1 atom stereocenters. The number of nitrogens with zero attached hydrogens (tertiary/aromatic N) is 2. The molecule has 2 heterocycles. The van der Waals surface area contributed by atoms with Crippen molar-refractivity contribution in [3.05, 3.63) is 58.2 Å². The van der Waals surface area contributed by atoms with Crippen LogP contribution in [0.4, 0.5) is 13.2 Å². The molecule has 0 spiro atoms. The highest BCUT2D eigenvalue weighted by molar-refractivity contribution is 8.00. The van der Waals surface area contributed by atoms with Crippen molar-refractivity contribution in [1.29, 1.82) is 5.26 Å². The molecule has 0 fully saturated rings. The van der Waals surface area contributed by atoms with E-state index < -0.39 is 15.6 Å². The van der Waals surface area contributed by atoms with Gasteiger partial charge in [0.25, 0.3) is 0 Å². The van der Waals surface area contributed by atoms with Gasteiger partial charge in [-0.3, -0.25) is 0 Å². The number of benzene rings is 2. The summed E-state index contributed by atoms with van der Waals surface area (Å²) in [5, 5.41) is 10.6. The summed E-state index contributed by atoms with van der Waals surface area (Å²) in [6.45, 7) is 6.40. The van der Waals surface area contributed by atoms with Crippen molar-refractivity contribution in [1.82, 2.24) is 4.57 Å². The van der Waals surface area contributed by atoms with Gasteiger partial charge in [-0.2, -0.15) is 26.9 Å². The number of aromatic nitrogens is 1. The van der Waals surface area contributed by atoms with Crippen molar-refractivity contribution in [2.75, 3.05) is 0 Å². The van der Waals surface area contributed by atoms with Crippen LogP contribution in [-0.2, 0) is 29.5 Å². The third-order valence-electron chi connectivity index (χ3n) is 6.10. The van der Waals surface area contributed by atoms with Gasteiger partial charge in [-0.05, 0) is 48.1 Å². The number of halogens is 4. The molecule has 1 unspecified atom stereocenters. The van der Waals surface area contributed by atoms with E-state index in [0.29, 0.717) is 41.8 Å². The minimum Gasteiger partial charge on any atom is -0.376 e. The molecule has 1 aliphatic heterocycles. The molecule has 0 amide bonds. The van der Waals surface area contributed by atoms with Crippen molar-refractivity contribution in [3.63, 3.8) is 0 Å². The molecule has 0 N–H and O–H groups in total. The third kappa shape index (κ3) is 5.20. The zero-order chi connectivity index (χ0) is 26.5. The van der Waals surface area contributed by atoms with Crippen LogP contribution in [0.1, 0.15) is 44.0 Å². The first-order valence-electron chi connectivity index (χ1n) is 11.2. The van der Waals surface area contributed by atoms with Crippen LogP contribution in [-0.4, -0.2) is 23.7 Å². The Hall–Kier alpha value is -2.35. The van der Waals surface area contributed by atoms with E-state index in [0.717, 1.165) is 21.7 Å². The van der Waals surface area contributed by atoms with Crippen LogP contribution in [0.3, 0.4) is 0 Å². The average molecular weight is 557 g/mol. The van der Waals surface area contributed by atoms with Gasteiger partial charge in [0.05, 0.1) is 11.6 Å². The molecule has 0 radical (unpaired) electrons. The molecule has 0 saturated carbocycles. The first kappa shape index (κ1) is 26.7. The van der Waals surface area contributed by atoms with Crippen molar-refractivity contribution < 1.29 is 25.8 Å². The second-order valence-corrected chi connectivity index (χ2v) is 13.1. The average Bonchev–Trinajstić information content (AvgIpc) is 3.03. The van der Waals surface area contributed by atoms with Crippen LogP contribution in [0.25, 0.3) is 10.9 Å². The van der Waals surface area contributed by atoms with Gasteiger partial charge < -0.3 is 8.75 Å². The molecule has 36 heavy (non-hydrogen) atoms. The van der Waals surface area contributed by atoms with Gasteiger partial charge in [0.2, 0.25) is 0 Å². The van der Waals surface area contributed by atoms with Crippen LogP contribution >= 0.6 is 23.4 Å². The van der Waals surface area contributed by atoms with Gasteiger partial charge in [0.1, 0.15) is 5.75 Å². The minimum absolute atomic E-state index is 0.0248. The van der Waals surface area contributed by atoms with E-state index in [1.807, 2.05) is 32.9 Å². The number of hydrogen-bond acceptors (Lipinski definition) is 5. The van der Waals surface area contributed by atoms with E-state index in [1.165, 1.54) is 6.07 Å². The lowest BCUT2D eigenvalue weighted by atomic mass is 9.85. The zero-order valence-corrected chi connectivity index (χ0v) is 22.2. The van der Waals surface area contributed by atoms with E-state index in [4.69, 9.17) is 11.6 Å². The van der Waals surface area contributed by atoms with Crippen molar-refractivity contribution in [2.24, 2.45) is 5.41 Å². The second-order valence-electron chi connectivity index (χ2n) is 9.72. The molecule has 1 aromatic heterocycles. The SMILES string of the molecule is CC1Cc2c(OS(=O)(=O)C(F)(F)F)ccc3c2c(c(CC(C)(C)CC#N)n3Cc2ccc(Cl)cc2)S1. The molecule has 0 aliphatic carbocycles. The lowest BCUT2D eigenvalue weighted by Gasteiger charge is -2.25. The third-order valence-corrected chi connectivity index (χ3v) is 8.57. The Morgan fingerprint density at radius 1 is 1.19 bits per heavy atom. The Kier molecular flexibility index (Phi) is 7.05. The summed E-state index contributed by atoms with van der Waals surface area (Å²) in [5.74, 6) is -0.306. The Balaban J connectivity index is 1.94.